The number of likely N-dealkylation sites (tertiary alicyclic amines) is 2. The molecule has 5 aliphatic heterocycles. The van der Waals surface area contributed by atoms with E-state index in [0.717, 1.165) is 119 Å². The molecule has 7 heterocycles. The van der Waals surface area contributed by atoms with Crippen molar-refractivity contribution in [3.63, 3.8) is 0 Å². The first-order chi connectivity index (χ1) is 37.3. The molecule has 0 radical (unpaired) electrons. The molecule has 2 aromatic carbocycles. The van der Waals surface area contributed by atoms with E-state index in [9.17, 15) is 32.8 Å². The summed E-state index contributed by atoms with van der Waals surface area (Å²) >= 11 is 1.51. The molecule has 17 nitrogen and oxygen atoms in total. The quantitative estimate of drug-likeness (QED) is 0.0535. The number of Topliss-reactive ketones (excluding diaryl/α,β-unsaturated/α-hetero) is 1. The van der Waals surface area contributed by atoms with Gasteiger partial charge >= 0.3 is 0 Å². The summed E-state index contributed by atoms with van der Waals surface area (Å²) in [6.07, 6.45) is 14.9. The normalized spacial score (nSPS) is 20.6. The molecule has 1 unspecified atom stereocenters. The van der Waals surface area contributed by atoms with Crippen molar-refractivity contribution in [2.75, 3.05) is 69.8 Å². The van der Waals surface area contributed by atoms with Gasteiger partial charge in [-0.05, 0) is 145 Å². The van der Waals surface area contributed by atoms with E-state index in [-0.39, 0.29) is 54.0 Å². The number of hydrogen-bond donors (Lipinski definition) is 4. The average Bonchev–Trinajstić information content (AvgIpc) is 4.30. The third-order valence-corrected chi connectivity index (χ3v) is 17.3. The van der Waals surface area contributed by atoms with Gasteiger partial charge in [0.15, 0.2) is 5.78 Å². The van der Waals surface area contributed by atoms with Crippen molar-refractivity contribution in [3.05, 3.63) is 94.9 Å². The smallest absolute Gasteiger partial charge is 0.254 e. The van der Waals surface area contributed by atoms with Crippen molar-refractivity contribution < 1.29 is 32.8 Å². The lowest BCUT2D eigenvalue weighted by atomic mass is 9.88. The van der Waals surface area contributed by atoms with Crippen LogP contribution in [0.15, 0.2) is 65.9 Å². The number of pyridine rings is 1. The number of aromatic nitrogens is 3. The monoisotopic (exact) mass is 1080 g/mol. The van der Waals surface area contributed by atoms with Gasteiger partial charge < -0.3 is 41.3 Å². The van der Waals surface area contributed by atoms with Crippen LogP contribution >= 0.6 is 11.8 Å². The Hall–Kier alpha value is -6.25. The Balaban J connectivity index is 0.694. The number of nitrogens with one attached hydrogen (secondary N) is 3. The van der Waals surface area contributed by atoms with Gasteiger partial charge in [0.2, 0.25) is 17.7 Å². The third kappa shape index (κ3) is 13.2. The number of ketones is 1. The Kier molecular flexibility index (Phi) is 18.4. The Morgan fingerprint density at radius 1 is 0.857 bits per heavy atom. The van der Waals surface area contributed by atoms with E-state index < -0.39 is 29.8 Å². The summed E-state index contributed by atoms with van der Waals surface area (Å²) in [6.45, 7) is 6.77. The molecule has 412 valence electrons. The number of carbonyl (C=O) groups excluding carboxylic acids is 5. The van der Waals surface area contributed by atoms with Crippen LogP contribution < -0.4 is 26.6 Å². The fourth-order valence-electron chi connectivity index (χ4n) is 11.7. The number of aliphatic imine (C=N–C) groups is 1. The molecule has 0 saturated carbocycles. The number of rotatable bonds is 20. The number of amides is 4. The summed E-state index contributed by atoms with van der Waals surface area (Å²) in [6, 6.07) is 9.73. The lowest BCUT2D eigenvalue weighted by molar-refractivity contribution is -0.138. The number of hydrogen-bond acceptors (Lipinski definition) is 13. The molecule has 2 aromatic heterocycles. The third-order valence-electron chi connectivity index (χ3n) is 16.2. The Bertz CT molecular complexity index is 2800. The van der Waals surface area contributed by atoms with Crippen molar-refractivity contribution in [1.82, 2.24) is 45.4 Å². The first kappa shape index (κ1) is 55.5. The SMILES string of the molecule is CN[C@H](C)C(=O)N[C@@H](C(=O)N1CCC[C@@H]1C1=NC(C(=O)c2ccc(F)cc2)CS1)C1CCN(CCCCCCCCC(=O)NCCn2cc3c(n2)CN(C)C(=O)c2ccc(F)cc2[C@H]2CCCN2c2cc-3cnc2N)CC1. The molecule has 0 aliphatic carbocycles. The van der Waals surface area contributed by atoms with E-state index in [0.29, 0.717) is 66.6 Å². The highest BCUT2D eigenvalue weighted by atomic mass is 32.2. The minimum Gasteiger partial charge on any atom is -0.382 e. The second-order valence-electron chi connectivity index (χ2n) is 21.4. The van der Waals surface area contributed by atoms with Crippen molar-refractivity contribution in [2.24, 2.45) is 10.9 Å². The van der Waals surface area contributed by atoms with Crippen molar-refractivity contribution >= 4 is 57.7 Å². The number of anilines is 2. The second kappa shape index (κ2) is 25.5. The molecule has 5 N–H and O–H groups in total. The lowest BCUT2D eigenvalue weighted by Crippen LogP contribution is -2.58. The number of halogens is 2. The van der Waals surface area contributed by atoms with Crippen LogP contribution in [0, 0.1) is 17.6 Å². The van der Waals surface area contributed by atoms with Gasteiger partial charge in [-0.15, -0.1) is 11.8 Å². The number of thioether (sulfide) groups is 1. The fourth-order valence-corrected chi connectivity index (χ4v) is 12.9. The van der Waals surface area contributed by atoms with Gasteiger partial charge in [-0.25, -0.2) is 13.8 Å². The Labute approximate surface area is 454 Å². The van der Waals surface area contributed by atoms with Crippen LogP contribution in [-0.2, 0) is 27.5 Å². The number of unbranched alkanes of at least 4 members (excludes halogenated alkanes) is 5. The van der Waals surface area contributed by atoms with Gasteiger partial charge in [0.1, 0.15) is 29.5 Å². The van der Waals surface area contributed by atoms with Crippen molar-refractivity contribution in [3.8, 4) is 11.1 Å². The first-order valence-electron chi connectivity index (χ1n) is 27.7. The number of likely N-dealkylation sites (N-methyl/N-ethyl adjacent to an activating group) is 1. The number of nitrogens with two attached hydrogens (primary N) is 1. The zero-order valence-electron chi connectivity index (χ0n) is 44.7. The molecule has 2 bridgehead atoms. The van der Waals surface area contributed by atoms with E-state index in [1.54, 1.807) is 42.9 Å². The molecule has 3 saturated heterocycles. The largest absolute Gasteiger partial charge is 0.382 e. The van der Waals surface area contributed by atoms with Crippen LogP contribution in [-0.4, -0.2) is 147 Å². The number of nitrogen functional groups attached to an aromatic ring is 1. The van der Waals surface area contributed by atoms with Gasteiger partial charge in [-0.1, -0.05) is 25.7 Å². The van der Waals surface area contributed by atoms with Crippen molar-refractivity contribution in [1.29, 1.82) is 0 Å². The molecule has 20 heteroatoms. The zero-order chi connectivity index (χ0) is 54.2. The van der Waals surface area contributed by atoms with Crippen LogP contribution in [0.1, 0.15) is 128 Å². The molecule has 9 rings (SSSR count). The molecule has 0 spiro atoms. The van der Waals surface area contributed by atoms with Gasteiger partial charge in [-0.3, -0.25) is 33.6 Å². The number of benzene rings is 2. The minimum absolute atomic E-state index is 0.000653. The molecule has 5 aliphatic rings. The number of fused-ring (bicyclic) bond motifs is 8. The van der Waals surface area contributed by atoms with Crippen LogP contribution in [0.5, 0.6) is 0 Å². The summed E-state index contributed by atoms with van der Waals surface area (Å²) in [5.74, 6) is -0.633. The van der Waals surface area contributed by atoms with Crippen LogP contribution in [0.25, 0.3) is 11.1 Å². The predicted molar refractivity (Wildman–Crippen MR) is 295 cm³/mol. The maximum atomic E-state index is 14.7. The van der Waals surface area contributed by atoms with Crippen LogP contribution in [0.3, 0.4) is 0 Å². The van der Waals surface area contributed by atoms with E-state index in [2.05, 4.69) is 30.7 Å². The lowest BCUT2D eigenvalue weighted by Gasteiger charge is -2.38. The fraction of sp³-hybridized carbons (Fsp3) is 0.544. The van der Waals surface area contributed by atoms with E-state index in [1.807, 2.05) is 17.2 Å². The Morgan fingerprint density at radius 2 is 1.58 bits per heavy atom. The summed E-state index contributed by atoms with van der Waals surface area (Å²) in [5, 5.41) is 14.8. The highest BCUT2D eigenvalue weighted by molar-refractivity contribution is 8.14. The highest BCUT2D eigenvalue weighted by Crippen LogP contribution is 2.42. The van der Waals surface area contributed by atoms with E-state index in [4.69, 9.17) is 15.8 Å². The molecular formula is C57H74F2N12O5S. The summed E-state index contributed by atoms with van der Waals surface area (Å²) in [7, 11) is 3.46. The summed E-state index contributed by atoms with van der Waals surface area (Å²) in [4.78, 5) is 85.3. The van der Waals surface area contributed by atoms with Gasteiger partial charge in [0, 0.05) is 73.5 Å². The van der Waals surface area contributed by atoms with Crippen LogP contribution in [0.2, 0.25) is 0 Å². The number of piperidine rings is 1. The predicted octanol–water partition coefficient (Wildman–Crippen LogP) is 6.77. The average molecular weight is 1080 g/mol. The topological polar surface area (TPSA) is 203 Å². The van der Waals surface area contributed by atoms with E-state index in [1.165, 1.54) is 48.2 Å². The van der Waals surface area contributed by atoms with E-state index >= 15 is 0 Å². The molecule has 5 atom stereocenters. The van der Waals surface area contributed by atoms with Crippen LogP contribution in [0.4, 0.5) is 20.3 Å². The first-order valence-corrected chi connectivity index (χ1v) is 28.7. The standard InChI is InChI=1S/C57H74F2N12O5S/c1-36(61-2)54(74)65-51(57(76)71-26-11-13-48(71)55-64-46(35-77-55)52(73)38-15-17-40(58)18-16-38)37-21-27-68(28-22-37)24-9-7-5-4-6-8-14-50(72)62-23-29-69-33-44-39-30-49(53(60)63-32-39)70-25-10-12-47(70)43-31-41(59)19-20-42(43)56(75)67(3)34-45(44)66-69/h15-20,30-33,36-37,46-48,51,61H,4-14,21-29,34-35H2,1-3H3,(H2,60,63)(H,62,72)(H,65,74)/t36-,46?,47-,48-,51-/m1/s1. The molecular weight excluding hydrogens is 1000 g/mol. The molecule has 3 fully saturated rings. The summed E-state index contributed by atoms with van der Waals surface area (Å²) in [5.41, 5.74) is 11.0. The highest BCUT2D eigenvalue weighted by Gasteiger charge is 2.43. The van der Waals surface area contributed by atoms with Crippen molar-refractivity contribution in [2.45, 2.75) is 134 Å². The summed E-state index contributed by atoms with van der Waals surface area (Å²) < 4.78 is 30.0. The minimum atomic E-state index is -0.661. The maximum absolute atomic E-state index is 14.7. The van der Waals surface area contributed by atoms with Gasteiger partial charge in [0.05, 0.1) is 47.6 Å². The Morgan fingerprint density at radius 3 is 2.36 bits per heavy atom. The molecule has 4 amide bonds. The maximum Gasteiger partial charge on any atom is 0.254 e. The van der Waals surface area contributed by atoms with Gasteiger partial charge in [0.25, 0.3) is 5.91 Å². The van der Waals surface area contributed by atoms with Gasteiger partial charge in [-0.2, -0.15) is 5.10 Å². The molecule has 77 heavy (non-hydrogen) atoms. The number of carbonyl (C=O) groups is 5. The number of nitrogens with zero attached hydrogens (tertiary/aromatic N) is 8. The molecule has 4 aromatic rings. The zero-order valence-corrected chi connectivity index (χ0v) is 45.5. The second-order valence-corrected chi connectivity index (χ2v) is 22.4.